The number of hydrogen-bond donors (Lipinski definition) is 2. The molecule has 1 aromatic rings. The van der Waals surface area contributed by atoms with Crippen LogP contribution >= 0.6 is 11.8 Å². The van der Waals surface area contributed by atoms with Crippen LogP contribution in [-0.2, 0) is 16.4 Å². The molecule has 0 aliphatic carbocycles. The van der Waals surface area contributed by atoms with Crippen molar-refractivity contribution >= 4 is 21.8 Å². The Hall–Kier alpha value is -0.560. The van der Waals surface area contributed by atoms with Crippen molar-refractivity contribution in [2.24, 2.45) is 0 Å². The quantitative estimate of drug-likeness (QED) is 0.647. The Morgan fingerprint density at radius 3 is 2.40 bits per heavy atom. The molecule has 0 aliphatic heterocycles. The largest absolute Gasteiger partial charge is 0.320 e. The van der Waals surface area contributed by atoms with E-state index in [2.05, 4.69) is 10.0 Å². The van der Waals surface area contributed by atoms with Gasteiger partial charge in [-0.25, -0.2) is 13.1 Å². The third-order valence-corrected chi connectivity index (χ3v) is 5.12. The maximum Gasteiger partial charge on any atom is 0.240 e. The first-order chi connectivity index (χ1) is 9.60. The molecule has 1 rings (SSSR count). The molecule has 0 saturated heterocycles. The van der Waals surface area contributed by atoms with E-state index in [-0.39, 0.29) is 0 Å². The first-order valence-electron chi connectivity index (χ1n) is 6.82. The summed E-state index contributed by atoms with van der Waals surface area (Å²) in [5.41, 5.74) is 1.17. The fourth-order valence-corrected chi connectivity index (χ4v) is 3.32. The number of benzene rings is 1. The van der Waals surface area contributed by atoms with E-state index in [1.165, 1.54) is 5.56 Å². The van der Waals surface area contributed by atoms with E-state index in [9.17, 15) is 8.42 Å². The van der Waals surface area contributed by atoms with Crippen molar-refractivity contribution in [3.63, 3.8) is 0 Å². The number of nitrogens with one attached hydrogen (secondary N) is 2. The fourth-order valence-electron chi connectivity index (χ4n) is 1.81. The van der Waals surface area contributed by atoms with Crippen LogP contribution in [0.3, 0.4) is 0 Å². The standard InChI is InChI=1S/C14H24N2O2S2/c1-15-10-3-5-13-6-8-14(9-7-13)20(17,18)16-11-4-12-19-2/h6-9,15-16H,3-5,10-12H2,1-2H3. The van der Waals surface area contributed by atoms with Crippen molar-refractivity contribution in [2.75, 3.05) is 32.1 Å². The number of sulfonamides is 1. The molecule has 1 aromatic carbocycles. The SMILES string of the molecule is CNCCCc1ccc(S(=O)(=O)NCCCSC)cc1. The second kappa shape index (κ2) is 9.39. The van der Waals surface area contributed by atoms with E-state index >= 15 is 0 Å². The Kier molecular flexibility index (Phi) is 8.21. The minimum absolute atomic E-state index is 0.346. The van der Waals surface area contributed by atoms with Crippen LogP contribution in [0.25, 0.3) is 0 Å². The molecular formula is C14H24N2O2S2. The molecule has 0 aliphatic rings. The summed E-state index contributed by atoms with van der Waals surface area (Å²) in [5, 5.41) is 3.10. The Labute approximate surface area is 126 Å². The van der Waals surface area contributed by atoms with Gasteiger partial charge in [-0.05, 0) is 62.6 Å². The highest BCUT2D eigenvalue weighted by Crippen LogP contribution is 2.11. The first-order valence-corrected chi connectivity index (χ1v) is 9.70. The van der Waals surface area contributed by atoms with Crippen LogP contribution < -0.4 is 10.0 Å². The van der Waals surface area contributed by atoms with Crippen molar-refractivity contribution in [3.8, 4) is 0 Å². The minimum atomic E-state index is -3.35. The lowest BCUT2D eigenvalue weighted by Crippen LogP contribution is -2.25. The van der Waals surface area contributed by atoms with E-state index in [0.717, 1.165) is 31.6 Å². The second-order valence-electron chi connectivity index (χ2n) is 4.60. The van der Waals surface area contributed by atoms with Gasteiger partial charge in [0.05, 0.1) is 4.90 Å². The van der Waals surface area contributed by atoms with Crippen molar-refractivity contribution in [1.29, 1.82) is 0 Å². The molecule has 0 atom stereocenters. The lowest BCUT2D eigenvalue weighted by Gasteiger charge is -2.07. The molecule has 0 bridgehead atoms. The van der Waals surface area contributed by atoms with Crippen LogP contribution in [-0.4, -0.2) is 40.6 Å². The van der Waals surface area contributed by atoms with Gasteiger partial charge in [0.2, 0.25) is 10.0 Å². The zero-order chi connectivity index (χ0) is 14.8. The van der Waals surface area contributed by atoms with Gasteiger partial charge in [0.15, 0.2) is 0 Å². The molecule has 2 N–H and O–H groups in total. The summed E-state index contributed by atoms with van der Waals surface area (Å²) in [6.07, 6.45) is 4.88. The summed E-state index contributed by atoms with van der Waals surface area (Å²) in [5.74, 6) is 0.965. The minimum Gasteiger partial charge on any atom is -0.320 e. The molecule has 0 amide bonds. The molecule has 114 valence electrons. The summed E-state index contributed by atoms with van der Waals surface area (Å²) < 4.78 is 26.7. The average Bonchev–Trinajstić information content (AvgIpc) is 2.45. The number of aryl methyl sites for hydroxylation is 1. The van der Waals surface area contributed by atoms with Gasteiger partial charge in [0, 0.05) is 6.54 Å². The van der Waals surface area contributed by atoms with Crippen LogP contribution in [0, 0.1) is 0 Å². The Morgan fingerprint density at radius 2 is 1.80 bits per heavy atom. The summed E-state index contributed by atoms with van der Waals surface area (Å²) >= 11 is 1.72. The number of hydrogen-bond acceptors (Lipinski definition) is 4. The molecule has 0 fully saturated rings. The number of rotatable bonds is 10. The molecule has 20 heavy (non-hydrogen) atoms. The van der Waals surface area contributed by atoms with Gasteiger partial charge in [-0.1, -0.05) is 12.1 Å². The van der Waals surface area contributed by atoms with Gasteiger partial charge < -0.3 is 5.32 Å². The summed E-state index contributed by atoms with van der Waals surface area (Å²) in [6, 6.07) is 7.16. The molecule has 0 saturated carbocycles. The van der Waals surface area contributed by atoms with Gasteiger partial charge in [-0.15, -0.1) is 0 Å². The smallest absolute Gasteiger partial charge is 0.240 e. The van der Waals surface area contributed by atoms with Crippen LogP contribution in [0.4, 0.5) is 0 Å². The molecular weight excluding hydrogens is 292 g/mol. The maximum atomic E-state index is 12.0. The van der Waals surface area contributed by atoms with Gasteiger partial charge >= 0.3 is 0 Å². The Balaban J connectivity index is 2.53. The molecule has 0 unspecified atom stereocenters. The molecule has 0 aromatic heterocycles. The van der Waals surface area contributed by atoms with E-state index in [0.29, 0.717) is 11.4 Å². The lowest BCUT2D eigenvalue weighted by molar-refractivity contribution is 0.581. The topological polar surface area (TPSA) is 58.2 Å². The summed E-state index contributed by atoms with van der Waals surface area (Å²) in [7, 11) is -1.43. The molecule has 0 spiro atoms. The van der Waals surface area contributed by atoms with E-state index in [4.69, 9.17) is 0 Å². The monoisotopic (exact) mass is 316 g/mol. The second-order valence-corrected chi connectivity index (χ2v) is 7.35. The van der Waals surface area contributed by atoms with E-state index < -0.39 is 10.0 Å². The summed E-state index contributed by atoms with van der Waals surface area (Å²) in [4.78, 5) is 0.346. The maximum absolute atomic E-state index is 12.0. The zero-order valence-electron chi connectivity index (χ0n) is 12.2. The van der Waals surface area contributed by atoms with Gasteiger partial charge in [-0.2, -0.15) is 11.8 Å². The van der Waals surface area contributed by atoms with Gasteiger partial charge in [0.1, 0.15) is 0 Å². The summed E-state index contributed by atoms with van der Waals surface area (Å²) in [6.45, 7) is 1.46. The van der Waals surface area contributed by atoms with Crippen molar-refractivity contribution in [3.05, 3.63) is 29.8 Å². The molecule has 4 nitrogen and oxygen atoms in total. The van der Waals surface area contributed by atoms with Gasteiger partial charge in [-0.3, -0.25) is 0 Å². The van der Waals surface area contributed by atoms with Crippen LogP contribution in [0.1, 0.15) is 18.4 Å². The Bertz CT molecular complexity index is 472. The van der Waals surface area contributed by atoms with Crippen molar-refractivity contribution < 1.29 is 8.42 Å². The molecule has 0 heterocycles. The van der Waals surface area contributed by atoms with Crippen LogP contribution in [0.15, 0.2) is 29.2 Å². The van der Waals surface area contributed by atoms with Crippen LogP contribution in [0.2, 0.25) is 0 Å². The highest BCUT2D eigenvalue weighted by molar-refractivity contribution is 7.98. The van der Waals surface area contributed by atoms with Gasteiger partial charge in [0.25, 0.3) is 0 Å². The zero-order valence-corrected chi connectivity index (χ0v) is 13.8. The fraction of sp³-hybridized carbons (Fsp3) is 0.571. The lowest BCUT2D eigenvalue weighted by atomic mass is 10.1. The third kappa shape index (κ3) is 6.26. The first kappa shape index (κ1) is 17.5. The Morgan fingerprint density at radius 1 is 1.10 bits per heavy atom. The predicted octanol–water partition coefficient (Wildman–Crippen LogP) is 1.87. The number of thioether (sulfide) groups is 1. The van der Waals surface area contributed by atoms with Crippen LogP contribution in [0.5, 0.6) is 0 Å². The highest BCUT2D eigenvalue weighted by atomic mass is 32.2. The average molecular weight is 316 g/mol. The van der Waals surface area contributed by atoms with E-state index in [1.54, 1.807) is 23.9 Å². The van der Waals surface area contributed by atoms with Crippen molar-refractivity contribution in [1.82, 2.24) is 10.0 Å². The normalized spacial score (nSPS) is 11.7. The molecule has 6 heteroatoms. The van der Waals surface area contributed by atoms with Crippen molar-refractivity contribution in [2.45, 2.75) is 24.2 Å². The molecule has 0 radical (unpaired) electrons. The highest BCUT2D eigenvalue weighted by Gasteiger charge is 2.12. The van der Waals surface area contributed by atoms with E-state index in [1.807, 2.05) is 25.4 Å². The predicted molar refractivity (Wildman–Crippen MR) is 86.9 cm³/mol. The third-order valence-electron chi connectivity index (χ3n) is 2.94.